The van der Waals surface area contributed by atoms with Crippen LogP contribution in [-0.4, -0.2) is 33.6 Å². The Bertz CT molecular complexity index is 986. The van der Waals surface area contributed by atoms with Crippen LogP contribution in [0.3, 0.4) is 0 Å². The molecule has 2 aromatic carbocycles. The van der Waals surface area contributed by atoms with Crippen molar-refractivity contribution >= 4 is 39.6 Å². The molecule has 0 unspecified atom stereocenters. The molecule has 1 fully saturated rings. The monoisotopic (exact) mass is 464 g/mol. The Balaban J connectivity index is 1.64. The second kappa shape index (κ2) is 8.08. The minimum Gasteiger partial charge on any atom is -0.508 e. The largest absolute Gasteiger partial charge is 0.508 e. The molecule has 1 saturated heterocycles. The third-order valence-electron chi connectivity index (χ3n) is 4.48. The summed E-state index contributed by atoms with van der Waals surface area (Å²) in [4.78, 5) is 37.0. The number of halogens is 2. The SMILES string of the molecule is C[C@]1(CCc2cccc(O)c2)NC(=O)N(NC(=O)Nc2ccc(Br)cc2F)C1=O. The lowest BCUT2D eigenvalue weighted by Crippen LogP contribution is -2.50. The van der Waals surface area contributed by atoms with Crippen molar-refractivity contribution in [3.63, 3.8) is 0 Å². The molecular weight excluding hydrogens is 447 g/mol. The first-order chi connectivity index (χ1) is 13.7. The van der Waals surface area contributed by atoms with Gasteiger partial charge in [-0.1, -0.05) is 28.1 Å². The second-order valence-corrected chi connectivity index (χ2v) is 7.68. The summed E-state index contributed by atoms with van der Waals surface area (Å²) < 4.78 is 14.3. The normalized spacial score (nSPS) is 18.5. The maximum absolute atomic E-state index is 13.8. The van der Waals surface area contributed by atoms with E-state index in [1.54, 1.807) is 25.1 Å². The highest BCUT2D eigenvalue weighted by Crippen LogP contribution is 2.24. The second-order valence-electron chi connectivity index (χ2n) is 6.76. The van der Waals surface area contributed by atoms with E-state index in [2.05, 4.69) is 32.0 Å². The van der Waals surface area contributed by atoms with E-state index in [9.17, 15) is 23.9 Å². The lowest BCUT2D eigenvalue weighted by Gasteiger charge is -2.21. The number of imide groups is 1. The molecule has 4 N–H and O–H groups in total. The maximum atomic E-state index is 13.8. The molecule has 1 aliphatic rings. The molecule has 1 atom stereocenters. The smallest absolute Gasteiger partial charge is 0.344 e. The van der Waals surface area contributed by atoms with E-state index in [1.807, 2.05) is 0 Å². The number of aryl methyl sites for hydroxylation is 1. The first kappa shape index (κ1) is 20.6. The Morgan fingerprint density at radius 2 is 2.03 bits per heavy atom. The zero-order valence-electron chi connectivity index (χ0n) is 15.3. The number of anilines is 1. The molecule has 0 radical (unpaired) electrons. The average Bonchev–Trinajstić information content (AvgIpc) is 2.86. The van der Waals surface area contributed by atoms with Gasteiger partial charge >= 0.3 is 12.1 Å². The van der Waals surface area contributed by atoms with Crippen LogP contribution in [0.15, 0.2) is 46.9 Å². The van der Waals surface area contributed by atoms with Crippen molar-refractivity contribution in [2.75, 3.05) is 5.32 Å². The third kappa shape index (κ3) is 4.65. The van der Waals surface area contributed by atoms with Crippen molar-refractivity contribution in [3.05, 3.63) is 58.3 Å². The number of nitrogens with zero attached hydrogens (tertiary/aromatic N) is 1. The van der Waals surface area contributed by atoms with Gasteiger partial charge in [0.05, 0.1) is 5.69 Å². The number of phenols is 1. The Kier molecular flexibility index (Phi) is 5.73. The summed E-state index contributed by atoms with van der Waals surface area (Å²) in [5.41, 5.74) is 1.58. The summed E-state index contributed by atoms with van der Waals surface area (Å²) in [6.07, 6.45) is 0.670. The van der Waals surface area contributed by atoms with Crippen LogP contribution < -0.4 is 16.1 Å². The van der Waals surface area contributed by atoms with E-state index >= 15 is 0 Å². The predicted molar refractivity (Wildman–Crippen MR) is 106 cm³/mol. The summed E-state index contributed by atoms with van der Waals surface area (Å²) >= 11 is 3.11. The number of carbonyl (C=O) groups is 3. The fourth-order valence-electron chi connectivity index (χ4n) is 2.90. The minimum absolute atomic E-state index is 0.106. The van der Waals surface area contributed by atoms with E-state index in [1.165, 1.54) is 24.3 Å². The molecule has 8 nitrogen and oxygen atoms in total. The third-order valence-corrected chi connectivity index (χ3v) is 4.97. The van der Waals surface area contributed by atoms with E-state index in [0.29, 0.717) is 15.9 Å². The highest BCUT2D eigenvalue weighted by Gasteiger charge is 2.48. The number of hydrazine groups is 1. The summed E-state index contributed by atoms with van der Waals surface area (Å²) in [6, 6.07) is 8.89. The lowest BCUT2D eigenvalue weighted by atomic mass is 9.93. The molecule has 29 heavy (non-hydrogen) atoms. The fourth-order valence-corrected chi connectivity index (χ4v) is 3.24. The van der Waals surface area contributed by atoms with Crippen molar-refractivity contribution in [3.8, 4) is 5.75 Å². The number of hydrogen-bond acceptors (Lipinski definition) is 4. The number of benzene rings is 2. The highest BCUT2D eigenvalue weighted by atomic mass is 79.9. The summed E-state index contributed by atoms with van der Waals surface area (Å²) in [7, 11) is 0. The molecular formula is C19H18BrFN4O4. The van der Waals surface area contributed by atoms with Crippen LogP contribution in [0.5, 0.6) is 5.75 Å². The van der Waals surface area contributed by atoms with Crippen molar-refractivity contribution in [1.29, 1.82) is 0 Å². The van der Waals surface area contributed by atoms with Crippen molar-refractivity contribution in [1.82, 2.24) is 15.8 Å². The number of nitrogens with one attached hydrogen (secondary N) is 3. The number of amides is 5. The molecule has 0 saturated carbocycles. The van der Waals surface area contributed by atoms with Crippen LogP contribution in [0.1, 0.15) is 18.9 Å². The van der Waals surface area contributed by atoms with E-state index in [0.717, 1.165) is 5.56 Å². The van der Waals surface area contributed by atoms with Crippen LogP contribution in [0.4, 0.5) is 19.7 Å². The van der Waals surface area contributed by atoms with Crippen LogP contribution in [0.25, 0.3) is 0 Å². The zero-order chi connectivity index (χ0) is 21.2. The number of hydrogen-bond donors (Lipinski definition) is 4. The van der Waals surface area contributed by atoms with E-state index < -0.39 is 29.3 Å². The fraction of sp³-hybridized carbons (Fsp3) is 0.211. The summed E-state index contributed by atoms with van der Waals surface area (Å²) in [5.74, 6) is -1.22. The molecule has 3 rings (SSSR count). The molecule has 0 spiro atoms. The first-order valence-corrected chi connectivity index (χ1v) is 9.44. The number of carbonyl (C=O) groups excluding carboxylic acids is 3. The van der Waals surface area contributed by atoms with Gasteiger partial charge in [0.2, 0.25) is 0 Å². The number of urea groups is 2. The van der Waals surface area contributed by atoms with Gasteiger partial charge in [-0.15, -0.1) is 0 Å². The lowest BCUT2D eigenvalue weighted by molar-refractivity contribution is -0.132. The molecule has 5 amide bonds. The van der Waals surface area contributed by atoms with Gasteiger partial charge in [-0.2, -0.15) is 5.01 Å². The Morgan fingerprint density at radius 1 is 1.28 bits per heavy atom. The predicted octanol–water partition coefficient (Wildman–Crippen LogP) is 3.27. The van der Waals surface area contributed by atoms with Gasteiger partial charge in [-0.25, -0.2) is 19.4 Å². The molecule has 0 bridgehead atoms. The van der Waals surface area contributed by atoms with Crippen molar-refractivity contribution in [2.45, 2.75) is 25.3 Å². The van der Waals surface area contributed by atoms with Gasteiger partial charge in [0.1, 0.15) is 17.1 Å². The van der Waals surface area contributed by atoms with E-state index in [-0.39, 0.29) is 17.9 Å². The molecule has 2 aromatic rings. The molecule has 0 aliphatic carbocycles. The van der Waals surface area contributed by atoms with Gasteiger partial charge in [-0.05, 0) is 55.7 Å². The van der Waals surface area contributed by atoms with E-state index in [4.69, 9.17) is 0 Å². The first-order valence-electron chi connectivity index (χ1n) is 8.65. The minimum atomic E-state index is -1.24. The van der Waals surface area contributed by atoms with Crippen molar-refractivity contribution in [2.24, 2.45) is 0 Å². The number of phenolic OH excluding ortho intramolecular Hbond substituents is 1. The topological polar surface area (TPSA) is 111 Å². The van der Waals surface area contributed by atoms with Crippen LogP contribution in [0.2, 0.25) is 0 Å². The van der Waals surface area contributed by atoms with Crippen LogP contribution in [-0.2, 0) is 11.2 Å². The van der Waals surface area contributed by atoms with Gasteiger partial charge in [0.15, 0.2) is 0 Å². The number of rotatable bonds is 5. The Morgan fingerprint density at radius 3 is 2.72 bits per heavy atom. The van der Waals surface area contributed by atoms with Gasteiger partial charge in [0, 0.05) is 4.47 Å². The van der Waals surface area contributed by atoms with Gasteiger partial charge < -0.3 is 15.7 Å². The quantitative estimate of drug-likeness (QED) is 0.508. The summed E-state index contributed by atoms with van der Waals surface area (Å²) in [5, 5.41) is 14.9. The average molecular weight is 465 g/mol. The maximum Gasteiger partial charge on any atom is 0.344 e. The Labute approximate surface area is 174 Å². The van der Waals surface area contributed by atoms with Crippen LogP contribution in [0, 0.1) is 5.82 Å². The zero-order valence-corrected chi connectivity index (χ0v) is 16.9. The Hall–Kier alpha value is -3.14. The number of aromatic hydroxyl groups is 1. The molecule has 152 valence electrons. The summed E-state index contributed by atoms with van der Waals surface area (Å²) in [6.45, 7) is 1.55. The molecule has 1 aliphatic heterocycles. The highest BCUT2D eigenvalue weighted by molar-refractivity contribution is 9.10. The van der Waals surface area contributed by atoms with Gasteiger partial charge in [-0.3, -0.25) is 4.79 Å². The molecule has 10 heteroatoms. The van der Waals surface area contributed by atoms with Crippen molar-refractivity contribution < 1.29 is 23.9 Å². The molecule has 1 heterocycles. The standard InChI is InChI=1S/C19H18BrFN4O4/c1-19(8-7-11-3-2-4-13(26)9-11)16(27)25(18(29)23-19)24-17(28)22-15-6-5-12(20)10-14(15)21/h2-6,9-10,26H,7-8H2,1H3,(H,23,29)(H2,22,24,28)/t19-/m1/s1. The van der Waals surface area contributed by atoms with Crippen LogP contribution >= 0.6 is 15.9 Å². The van der Waals surface area contributed by atoms with Gasteiger partial charge in [0.25, 0.3) is 5.91 Å². The molecule has 0 aromatic heterocycles.